The fraction of sp³-hybridized carbons (Fsp3) is 0.190. The molecule has 2 N–H and O–H groups in total. The van der Waals surface area contributed by atoms with Gasteiger partial charge in [-0.05, 0) is 42.0 Å². The molecule has 0 aliphatic heterocycles. The molecule has 6 nitrogen and oxygen atoms in total. The second-order valence-corrected chi connectivity index (χ2v) is 5.98. The fourth-order valence-corrected chi connectivity index (χ4v) is 2.46. The van der Waals surface area contributed by atoms with Crippen LogP contribution in [0.2, 0.25) is 0 Å². The van der Waals surface area contributed by atoms with Crippen molar-refractivity contribution in [3.8, 4) is 11.6 Å². The zero-order chi connectivity index (χ0) is 19.6. The lowest BCUT2D eigenvalue weighted by atomic mass is 10.3. The number of pyridine rings is 2. The van der Waals surface area contributed by atoms with Gasteiger partial charge in [0.2, 0.25) is 5.88 Å². The average Bonchev–Trinajstić information content (AvgIpc) is 2.74. The molecule has 0 saturated heterocycles. The highest BCUT2D eigenvalue weighted by atomic mass is 127. The van der Waals surface area contributed by atoms with Gasteiger partial charge in [0.15, 0.2) is 5.96 Å². The van der Waals surface area contributed by atoms with E-state index in [1.807, 2.05) is 24.3 Å². The van der Waals surface area contributed by atoms with Gasteiger partial charge in [-0.15, -0.1) is 24.0 Å². The summed E-state index contributed by atoms with van der Waals surface area (Å²) in [5.41, 5.74) is 2.02. The summed E-state index contributed by atoms with van der Waals surface area (Å²) in [6.07, 6.45) is 4.34. The third-order valence-corrected chi connectivity index (χ3v) is 3.92. The molecule has 29 heavy (non-hydrogen) atoms. The number of ether oxygens (including phenoxy) is 1. The van der Waals surface area contributed by atoms with Gasteiger partial charge in [0.05, 0.1) is 0 Å². The Kier molecular flexibility index (Phi) is 9.29. The van der Waals surface area contributed by atoms with Gasteiger partial charge in [-0.1, -0.05) is 12.1 Å². The first-order valence-corrected chi connectivity index (χ1v) is 8.96. The average molecular weight is 507 g/mol. The smallest absolute Gasteiger partial charge is 0.219 e. The van der Waals surface area contributed by atoms with Gasteiger partial charge in [0, 0.05) is 50.7 Å². The Labute approximate surface area is 186 Å². The number of hydrogen-bond donors (Lipinski definition) is 2. The number of nitrogens with zero attached hydrogens (tertiary/aromatic N) is 3. The monoisotopic (exact) mass is 507 g/mol. The van der Waals surface area contributed by atoms with E-state index in [0.29, 0.717) is 24.1 Å². The largest absolute Gasteiger partial charge is 0.439 e. The summed E-state index contributed by atoms with van der Waals surface area (Å²) in [6.45, 7) is 1.31. The van der Waals surface area contributed by atoms with Crippen LogP contribution in [0.15, 0.2) is 72.0 Å². The first-order chi connectivity index (χ1) is 13.7. The fourth-order valence-electron chi connectivity index (χ4n) is 2.46. The van der Waals surface area contributed by atoms with E-state index in [1.54, 1.807) is 37.6 Å². The third-order valence-electron chi connectivity index (χ3n) is 3.92. The van der Waals surface area contributed by atoms with Crippen LogP contribution in [0.3, 0.4) is 0 Å². The van der Waals surface area contributed by atoms with Crippen LogP contribution in [-0.2, 0) is 13.0 Å². The van der Waals surface area contributed by atoms with Crippen molar-refractivity contribution in [2.75, 3.05) is 13.6 Å². The predicted molar refractivity (Wildman–Crippen MR) is 122 cm³/mol. The predicted octanol–water partition coefficient (Wildman–Crippen LogP) is 3.93. The highest BCUT2D eigenvalue weighted by Gasteiger charge is 2.02. The molecule has 3 rings (SSSR count). The van der Waals surface area contributed by atoms with Crippen molar-refractivity contribution in [1.82, 2.24) is 20.6 Å². The van der Waals surface area contributed by atoms with Crippen LogP contribution < -0.4 is 15.4 Å². The molecule has 0 bridgehead atoms. The maximum atomic E-state index is 12.9. The van der Waals surface area contributed by atoms with E-state index in [1.165, 1.54) is 12.1 Å². The van der Waals surface area contributed by atoms with Crippen molar-refractivity contribution in [2.24, 2.45) is 4.99 Å². The maximum Gasteiger partial charge on any atom is 0.219 e. The van der Waals surface area contributed by atoms with Crippen molar-refractivity contribution in [2.45, 2.75) is 13.0 Å². The summed E-state index contributed by atoms with van der Waals surface area (Å²) in [5, 5.41) is 6.50. The molecule has 0 amide bonds. The van der Waals surface area contributed by atoms with Crippen molar-refractivity contribution in [3.05, 3.63) is 84.1 Å². The van der Waals surface area contributed by atoms with Gasteiger partial charge >= 0.3 is 0 Å². The molecule has 0 spiro atoms. The van der Waals surface area contributed by atoms with Crippen molar-refractivity contribution in [3.63, 3.8) is 0 Å². The number of benzene rings is 1. The van der Waals surface area contributed by atoms with E-state index in [0.717, 1.165) is 24.2 Å². The number of aliphatic imine (C=N–C) groups is 1. The molecule has 152 valence electrons. The van der Waals surface area contributed by atoms with Gasteiger partial charge in [-0.25, -0.2) is 9.37 Å². The standard InChI is InChI=1S/C21H22FN5O.HI/c1-23-21(25-13-11-18-4-2-3-12-24-18)27-15-16-5-10-20(26-14-16)28-19-8-6-17(22)7-9-19;/h2-10,12,14H,11,13,15H2,1H3,(H2,23,25,27);1H. The Hall–Kier alpha value is -2.75. The number of aromatic nitrogens is 2. The van der Waals surface area contributed by atoms with Gasteiger partial charge in [-0.3, -0.25) is 9.98 Å². The molecule has 0 unspecified atom stereocenters. The molecule has 0 aliphatic rings. The molecular formula is C21H23FIN5O. The van der Waals surface area contributed by atoms with Gasteiger partial charge in [-0.2, -0.15) is 0 Å². The maximum absolute atomic E-state index is 12.9. The van der Waals surface area contributed by atoms with Crippen LogP contribution in [0.5, 0.6) is 11.6 Å². The SMILES string of the molecule is CN=C(NCCc1ccccn1)NCc1ccc(Oc2ccc(F)cc2)nc1.I. The zero-order valence-corrected chi connectivity index (χ0v) is 18.3. The molecule has 0 atom stereocenters. The Morgan fingerprint density at radius 1 is 1.03 bits per heavy atom. The molecule has 2 aromatic heterocycles. The van der Waals surface area contributed by atoms with Crippen molar-refractivity contribution in [1.29, 1.82) is 0 Å². The summed E-state index contributed by atoms with van der Waals surface area (Å²) < 4.78 is 18.5. The lowest BCUT2D eigenvalue weighted by molar-refractivity contribution is 0.461. The summed E-state index contributed by atoms with van der Waals surface area (Å²) in [6, 6.07) is 15.4. The van der Waals surface area contributed by atoms with Crippen LogP contribution in [0.25, 0.3) is 0 Å². The first-order valence-electron chi connectivity index (χ1n) is 8.96. The van der Waals surface area contributed by atoms with Crippen LogP contribution in [0.1, 0.15) is 11.3 Å². The number of nitrogens with one attached hydrogen (secondary N) is 2. The second kappa shape index (κ2) is 11.9. The Morgan fingerprint density at radius 3 is 2.52 bits per heavy atom. The molecule has 8 heteroatoms. The number of halogens is 2. The molecule has 0 saturated carbocycles. The Bertz CT molecular complexity index is 889. The van der Waals surface area contributed by atoms with Gasteiger partial charge in [0.1, 0.15) is 11.6 Å². The molecule has 2 heterocycles. The number of rotatable bonds is 7. The summed E-state index contributed by atoms with van der Waals surface area (Å²) in [7, 11) is 1.73. The van der Waals surface area contributed by atoms with E-state index in [2.05, 4.69) is 25.6 Å². The molecule has 1 aromatic carbocycles. The van der Waals surface area contributed by atoms with Crippen LogP contribution in [-0.4, -0.2) is 29.5 Å². The minimum absolute atomic E-state index is 0. The normalized spacial score (nSPS) is 10.8. The van der Waals surface area contributed by atoms with Crippen molar-refractivity contribution >= 4 is 29.9 Å². The van der Waals surface area contributed by atoms with Gasteiger partial charge < -0.3 is 15.4 Å². The van der Waals surface area contributed by atoms with E-state index in [4.69, 9.17) is 4.74 Å². The van der Waals surface area contributed by atoms with E-state index >= 15 is 0 Å². The number of guanidine groups is 1. The summed E-state index contributed by atoms with van der Waals surface area (Å²) in [5.74, 6) is 1.40. The van der Waals surface area contributed by atoms with E-state index in [9.17, 15) is 4.39 Å². The lowest BCUT2D eigenvalue weighted by Crippen LogP contribution is -2.37. The minimum Gasteiger partial charge on any atom is -0.439 e. The molecule has 0 fully saturated rings. The summed E-state index contributed by atoms with van der Waals surface area (Å²) >= 11 is 0. The van der Waals surface area contributed by atoms with E-state index in [-0.39, 0.29) is 29.8 Å². The molecule has 0 aliphatic carbocycles. The molecular weight excluding hydrogens is 484 g/mol. The second-order valence-electron chi connectivity index (χ2n) is 5.98. The van der Waals surface area contributed by atoms with E-state index < -0.39 is 0 Å². The Morgan fingerprint density at radius 2 is 1.86 bits per heavy atom. The quantitative estimate of drug-likeness (QED) is 0.288. The van der Waals surface area contributed by atoms with Crippen LogP contribution in [0.4, 0.5) is 4.39 Å². The highest BCUT2D eigenvalue weighted by Crippen LogP contribution is 2.19. The Balaban J connectivity index is 0.00000300. The van der Waals surface area contributed by atoms with Crippen molar-refractivity contribution < 1.29 is 9.13 Å². The summed E-state index contributed by atoms with van der Waals surface area (Å²) in [4.78, 5) is 12.8. The first kappa shape index (κ1) is 22.5. The highest BCUT2D eigenvalue weighted by molar-refractivity contribution is 14.0. The van der Waals surface area contributed by atoms with Crippen LogP contribution in [0, 0.1) is 5.82 Å². The zero-order valence-electron chi connectivity index (χ0n) is 16.0. The van der Waals surface area contributed by atoms with Gasteiger partial charge in [0.25, 0.3) is 0 Å². The molecule has 3 aromatic rings. The lowest BCUT2D eigenvalue weighted by Gasteiger charge is -2.12. The third kappa shape index (κ3) is 7.65. The van der Waals surface area contributed by atoms with Crippen LogP contribution >= 0.6 is 24.0 Å². The molecule has 0 radical (unpaired) electrons. The number of hydrogen-bond acceptors (Lipinski definition) is 4. The topological polar surface area (TPSA) is 71.4 Å². The minimum atomic E-state index is -0.302.